The number of carbonyl (C=O) groups excluding carboxylic acids is 1. The van der Waals surface area contributed by atoms with Gasteiger partial charge >= 0.3 is 0 Å². The molecule has 106 valence electrons. The number of ether oxygens (including phenoxy) is 1. The fourth-order valence-electron chi connectivity index (χ4n) is 2.16. The van der Waals surface area contributed by atoms with Crippen molar-refractivity contribution in [2.45, 2.75) is 27.3 Å². The molecule has 1 N–H and O–H groups in total. The summed E-state index contributed by atoms with van der Waals surface area (Å²) in [5.41, 5.74) is 3.11. The fraction of sp³-hybridized carbons (Fsp3) is 0.333. The van der Waals surface area contributed by atoms with Crippen LogP contribution in [0, 0.1) is 13.8 Å². The summed E-state index contributed by atoms with van der Waals surface area (Å²) in [6.45, 7) is 6.60. The van der Waals surface area contributed by atoms with Gasteiger partial charge in [0.25, 0.3) is 5.91 Å². The second-order valence-electron chi connectivity index (χ2n) is 4.55. The molecule has 1 amide bonds. The van der Waals surface area contributed by atoms with Crippen molar-refractivity contribution < 1.29 is 9.53 Å². The van der Waals surface area contributed by atoms with Crippen LogP contribution >= 0.6 is 0 Å². The van der Waals surface area contributed by atoms with Gasteiger partial charge in [-0.2, -0.15) is 5.10 Å². The molecule has 0 spiro atoms. The SMILES string of the molecule is CCn1ncc(NC(=O)c2cccc(OC)c2C)c1C. The molecule has 0 radical (unpaired) electrons. The summed E-state index contributed by atoms with van der Waals surface area (Å²) >= 11 is 0. The molecule has 1 aromatic heterocycles. The molecule has 20 heavy (non-hydrogen) atoms. The first-order valence-corrected chi connectivity index (χ1v) is 6.55. The van der Waals surface area contributed by atoms with Gasteiger partial charge in [-0.05, 0) is 32.9 Å². The summed E-state index contributed by atoms with van der Waals surface area (Å²) in [6.07, 6.45) is 1.67. The van der Waals surface area contributed by atoms with E-state index in [-0.39, 0.29) is 5.91 Å². The van der Waals surface area contributed by atoms with Crippen LogP contribution in [0.5, 0.6) is 5.75 Å². The van der Waals surface area contributed by atoms with Gasteiger partial charge in [-0.25, -0.2) is 0 Å². The zero-order chi connectivity index (χ0) is 14.7. The van der Waals surface area contributed by atoms with E-state index in [0.29, 0.717) is 11.3 Å². The molecule has 0 aliphatic carbocycles. The molecule has 0 fully saturated rings. The van der Waals surface area contributed by atoms with Crippen LogP contribution in [-0.2, 0) is 6.54 Å². The predicted octanol–water partition coefficient (Wildman–Crippen LogP) is 2.78. The van der Waals surface area contributed by atoms with Gasteiger partial charge in [-0.3, -0.25) is 9.48 Å². The van der Waals surface area contributed by atoms with Gasteiger partial charge < -0.3 is 10.1 Å². The summed E-state index contributed by atoms with van der Waals surface area (Å²) in [5.74, 6) is 0.554. The van der Waals surface area contributed by atoms with E-state index in [2.05, 4.69) is 10.4 Å². The number of hydrogen-bond acceptors (Lipinski definition) is 3. The zero-order valence-electron chi connectivity index (χ0n) is 12.2. The molecule has 2 aromatic rings. The first-order valence-electron chi connectivity index (χ1n) is 6.55. The Balaban J connectivity index is 2.26. The van der Waals surface area contributed by atoms with Crippen molar-refractivity contribution in [2.75, 3.05) is 12.4 Å². The average molecular weight is 273 g/mol. The third-order valence-corrected chi connectivity index (χ3v) is 3.40. The molecule has 2 rings (SSSR count). The molecule has 1 aromatic carbocycles. The van der Waals surface area contributed by atoms with Crippen LogP contribution in [0.3, 0.4) is 0 Å². The van der Waals surface area contributed by atoms with Crippen LogP contribution in [0.15, 0.2) is 24.4 Å². The van der Waals surface area contributed by atoms with Crippen LogP contribution in [0.25, 0.3) is 0 Å². The minimum atomic E-state index is -0.153. The quantitative estimate of drug-likeness (QED) is 0.932. The fourth-order valence-corrected chi connectivity index (χ4v) is 2.16. The van der Waals surface area contributed by atoms with Gasteiger partial charge in [0.15, 0.2) is 0 Å². The number of aromatic nitrogens is 2. The Kier molecular flexibility index (Phi) is 4.08. The summed E-state index contributed by atoms with van der Waals surface area (Å²) in [6, 6.07) is 5.43. The molecule has 0 saturated heterocycles. The Morgan fingerprint density at radius 2 is 2.15 bits per heavy atom. The summed E-state index contributed by atoms with van der Waals surface area (Å²) in [5, 5.41) is 7.11. The Labute approximate surface area is 118 Å². The lowest BCUT2D eigenvalue weighted by atomic mass is 10.1. The predicted molar refractivity (Wildman–Crippen MR) is 78.3 cm³/mol. The van der Waals surface area contributed by atoms with E-state index in [0.717, 1.165) is 23.5 Å². The van der Waals surface area contributed by atoms with E-state index in [1.165, 1.54) is 0 Å². The highest BCUT2D eigenvalue weighted by molar-refractivity contribution is 6.05. The van der Waals surface area contributed by atoms with Crippen molar-refractivity contribution in [3.05, 3.63) is 41.2 Å². The summed E-state index contributed by atoms with van der Waals surface area (Å²) < 4.78 is 7.08. The first-order chi connectivity index (χ1) is 9.58. The van der Waals surface area contributed by atoms with Gasteiger partial charge in [0, 0.05) is 17.7 Å². The number of benzene rings is 1. The lowest BCUT2D eigenvalue weighted by molar-refractivity contribution is 0.102. The number of methoxy groups -OCH3 is 1. The number of amides is 1. The molecule has 0 unspecified atom stereocenters. The van der Waals surface area contributed by atoms with Crippen molar-refractivity contribution >= 4 is 11.6 Å². The highest BCUT2D eigenvalue weighted by Gasteiger charge is 2.14. The molecular weight excluding hydrogens is 254 g/mol. The number of carbonyl (C=O) groups is 1. The topological polar surface area (TPSA) is 56.2 Å². The highest BCUT2D eigenvalue weighted by atomic mass is 16.5. The van der Waals surface area contributed by atoms with Crippen molar-refractivity contribution in [3.8, 4) is 5.75 Å². The summed E-state index contributed by atoms with van der Waals surface area (Å²) in [4.78, 5) is 12.3. The van der Waals surface area contributed by atoms with Crippen molar-refractivity contribution in [1.29, 1.82) is 0 Å². The van der Waals surface area contributed by atoms with E-state index < -0.39 is 0 Å². The molecule has 1 heterocycles. The number of nitrogens with one attached hydrogen (secondary N) is 1. The second kappa shape index (κ2) is 5.77. The molecule has 5 nitrogen and oxygen atoms in total. The Bertz CT molecular complexity index is 632. The van der Waals surface area contributed by atoms with Crippen LogP contribution in [0.1, 0.15) is 28.5 Å². The standard InChI is InChI=1S/C15H19N3O2/c1-5-18-11(3)13(9-16-18)17-15(19)12-7-6-8-14(20-4)10(12)2/h6-9H,5H2,1-4H3,(H,17,19). The van der Waals surface area contributed by atoms with Gasteiger partial charge in [-0.15, -0.1) is 0 Å². The van der Waals surface area contributed by atoms with Crippen LogP contribution in [-0.4, -0.2) is 22.8 Å². The summed E-state index contributed by atoms with van der Waals surface area (Å²) in [7, 11) is 1.60. The van der Waals surface area contributed by atoms with E-state index in [4.69, 9.17) is 4.74 Å². The van der Waals surface area contributed by atoms with Crippen LogP contribution in [0.4, 0.5) is 5.69 Å². The maximum absolute atomic E-state index is 12.3. The lowest BCUT2D eigenvalue weighted by Gasteiger charge is -2.10. The molecular formula is C15H19N3O2. The number of nitrogens with zero attached hydrogens (tertiary/aromatic N) is 2. The third-order valence-electron chi connectivity index (χ3n) is 3.40. The van der Waals surface area contributed by atoms with E-state index in [1.54, 1.807) is 19.4 Å². The van der Waals surface area contributed by atoms with E-state index >= 15 is 0 Å². The minimum Gasteiger partial charge on any atom is -0.496 e. The maximum Gasteiger partial charge on any atom is 0.256 e. The Morgan fingerprint density at radius 3 is 2.75 bits per heavy atom. The molecule has 0 atom stereocenters. The Morgan fingerprint density at radius 1 is 1.40 bits per heavy atom. The van der Waals surface area contributed by atoms with Gasteiger partial charge in [0.2, 0.25) is 0 Å². The molecule has 5 heteroatoms. The minimum absolute atomic E-state index is 0.153. The number of anilines is 1. The smallest absolute Gasteiger partial charge is 0.256 e. The van der Waals surface area contributed by atoms with Gasteiger partial charge in [0.1, 0.15) is 5.75 Å². The Hall–Kier alpha value is -2.30. The van der Waals surface area contributed by atoms with Crippen molar-refractivity contribution in [1.82, 2.24) is 9.78 Å². The largest absolute Gasteiger partial charge is 0.496 e. The zero-order valence-corrected chi connectivity index (χ0v) is 12.2. The normalized spacial score (nSPS) is 10.4. The highest BCUT2D eigenvalue weighted by Crippen LogP contribution is 2.22. The molecule has 0 aliphatic heterocycles. The lowest BCUT2D eigenvalue weighted by Crippen LogP contribution is -2.14. The van der Waals surface area contributed by atoms with Gasteiger partial charge in [0.05, 0.1) is 24.7 Å². The van der Waals surface area contributed by atoms with E-state index in [1.807, 2.05) is 37.6 Å². The number of aryl methyl sites for hydroxylation is 1. The second-order valence-corrected chi connectivity index (χ2v) is 4.55. The number of hydrogen-bond donors (Lipinski definition) is 1. The molecule has 0 saturated carbocycles. The molecule has 0 bridgehead atoms. The molecule has 0 aliphatic rings. The average Bonchev–Trinajstić information content (AvgIpc) is 2.79. The van der Waals surface area contributed by atoms with Crippen LogP contribution in [0.2, 0.25) is 0 Å². The monoisotopic (exact) mass is 273 g/mol. The van der Waals surface area contributed by atoms with E-state index in [9.17, 15) is 4.79 Å². The number of rotatable bonds is 4. The van der Waals surface area contributed by atoms with Crippen molar-refractivity contribution in [2.24, 2.45) is 0 Å². The van der Waals surface area contributed by atoms with Gasteiger partial charge in [-0.1, -0.05) is 6.07 Å². The van der Waals surface area contributed by atoms with Crippen molar-refractivity contribution in [3.63, 3.8) is 0 Å². The third kappa shape index (κ3) is 2.52. The van der Waals surface area contributed by atoms with Crippen LogP contribution < -0.4 is 10.1 Å². The first kappa shape index (κ1) is 14.1. The maximum atomic E-state index is 12.3.